The van der Waals surface area contributed by atoms with Crippen LogP contribution in [0.2, 0.25) is 5.02 Å². The minimum atomic E-state index is -5.24. The second-order valence-electron chi connectivity index (χ2n) is 7.45. The number of hydrogen-bond acceptors (Lipinski definition) is 6. The Balaban J connectivity index is 1.87. The number of halogens is 7. The fourth-order valence-electron chi connectivity index (χ4n) is 3.91. The zero-order valence-electron chi connectivity index (χ0n) is 17.4. The quantitative estimate of drug-likeness (QED) is 0.391. The van der Waals surface area contributed by atoms with Crippen molar-refractivity contribution < 1.29 is 35.9 Å². The first-order chi connectivity index (χ1) is 15.9. The van der Waals surface area contributed by atoms with Crippen molar-refractivity contribution in [3.8, 4) is 0 Å². The third kappa shape index (κ3) is 4.61. The van der Waals surface area contributed by atoms with Gasteiger partial charge >= 0.3 is 18.3 Å². The summed E-state index contributed by atoms with van der Waals surface area (Å²) < 4.78 is 84.8. The topological polar surface area (TPSA) is 84.0 Å². The lowest BCUT2D eigenvalue weighted by Crippen LogP contribution is -2.39. The fraction of sp³-hybridized carbons (Fsp3) is 0.400. The van der Waals surface area contributed by atoms with Crippen molar-refractivity contribution in [3.63, 3.8) is 0 Å². The second-order valence-corrected chi connectivity index (χ2v) is 7.89. The van der Waals surface area contributed by atoms with Crippen molar-refractivity contribution in [1.29, 1.82) is 0 Å². The molecular weight excluding hydrogens is 492 g/mol. The zero-order valence-corrected chi connectivity index (χ0v) is 18.1. The van der Waals surface area contributed by atoms with Gasteiger partial charge in [-0.1, -0.05) is 11.6 Å². The lowest BCUT2D eigenvalue weighted by atomic mass is 9.95. The van der Waals surface area contributed by atoms with Crippen LogP contribution in [0.15, 0.2) is 18.2 Å². The van der Waals surface area contributed by atoms with E-state index in [-0.39, 0.29) is 26.0 Å². The highest BCUT2D eigenvalue weighted by Crippen LogP contribution is 2.40. The summed E-state index contributed by atoms with van der Waals surface area (Å²) in [6.07, 6.45) is -10.6. The Hall–Kier alpha value is -3.09. The maximum atomic E-state index is 13.3. The van der Waals surface area contributed by atoms with Crippen LogP contribution >= 0.6 is 11.6 Å². The normalized spacial score (nSPS) is 16.6. The Kier molecular flexibility index (Phi) is 6.08. The zero-order chi connectivity index (χ0) is 24.8. The van der Waals surface area contributed by atoms with E-state index in [9.17, 15) is 31.1 Å². The Labute approximate surface area is 193 Å². The number of rotatable bonds is 4. The molecule has 0 radical (unpaired) electrons. The highest BCUT2D eigenvalue weighted by molar-refractivity contribution is 6.31. The molecule has 1 aromatic carbocycles. The van der Waals surface area contributed by atoms with Crippen LogP contribution in [-0.2, 0) is 28.3 Å². The first kappa shape index (κ1) is 24.0. The molecule has 3 heterocycles. The smallest absolute Gasteiger partial charge is 0.451 e. The van der Waals surface area contributed by atoms with Crippen molar-refractivity contribution in [2.75, 3.05) is 18.1 Å². The molecular formula is C20H16ClF6N5O2. The van der Waals surface area contributed by atoms with E-state index in [2.05, 4.69) is 19.9 Å². The van der Waals surface area contributed by atoms with Gasteiger partial charge in [-0.3, -0.25) is 4.79 Å². The van der Waals surface area contributed by atoms with Gasteiger partial charge in [0.25, 0.3) is 0 Å². The van der Waals surface area contributed by atoms with Gasteiger partial charge in [0.1, 0.15) is 0 Å². The Morgan fingerprint density at radius 1 is 1.15 bits per heavy atom. The van der Waals surface area contributed by atoms with E-state index >= 15 is 0 Å². The summed E-state index contributed by atoms with van der Waals surface area (Å²) in [5.74, 6) is -5.49. The Morgan fingerprint density at radius 3 is 2.38 bits per heavy atom. The van der Waals surface area contributed by atoms with Gasteiger partial charge < -0.3 is 14.6 Å². The van der Waals surface area contributed by atoms with E-state index in [4.69, 9.17) is 16.3 Å². The number of alkyl halides is 6. The van der Waals surface area contributed by atoms with Gasteiger partial charge in [0.2, 0.25) is 17.6 Å². The molecule has 182 valence electrons. The maximum Gasteiger partial charge on any atom is 0.451 e. The summed E-state index contributed by atoms with van der Waals surface area (Å²) in [6, 6.07) is 3.99. The van der Waals surface area contributed by atoms with Gasteiger partial charge in [0, 0.05) is 28.2 Å². The highest BCUT2D eigenvalue weighted by Gasteiger charge is 2.43. The van der Waals surface area contributed by atoms with Crippen LogP contribution in [0.25, 0.3) is 10.9 Å². The molecule has 14 heteroatoms. The number of aromatic nitrogens is 4. The van der Waals surface area contributed by atoms with E-state index in [0.717, 1.165) is 15.8 Å². The molecule has 1 aliphatic rings. The molecule has 4 rings (SSSR count). The number of ether oxygens (including phenoxy) is 1. The Morgan fingerprint density at radius 2 is 1.79 bits per heavy atom. The summed E-state index contributed by atoms with van der Waals surface area (Å²) in [5, 5.41) is 1.18. The molecule has 0 fully saturated rings. The van der Waals surface area contributed by atoms with Gasteiger partial charge in [0.05, 0.1) is 19.1 Å². The number of fused-ring (bicyclic) bond motifs is 3. The minimum absolute atomic E-state index is 0.0446. The first-order valence-corrected chi connectivity index (χ1v) is 10.4. The fourth-order valence-corrected chi connectivity index (χ4v) is 4.09. The summed E-state index contributed by atoms with van der Waals surface area (Å²) in [7, 11) is 0. The summed E-state index contributed by atoms with van der Waals surface area (Å²) >= 11 is 6.09. The van der Waals surface area contributed by atoms with Crippen molar-refractivity contribution in [1.82, 2.24) is 19.9 Å². The number of H-pyrrole nitrogens is 1. The number of anilines is 1. The molecule has 1 unspecified atom stereocenters. The van der Waals surface area contributed by atoms with E-state index in [1.54, 1.807) is 25.1 Å². The predicted octanol–water partition coefficient (Wildman–Crippen LogP) is 5.10. The molecule has 34 heavy (non-hydrogen) atoms. The number of nitrogens with zero attached hydrogens (tertiary/aromatic N) is 4. The number of carbonyl (C=O) groups excluding carboxylic acids is 1. The van der Waals surface area contributed by atoms with Gasteiger partial charge in [0.15, 0.2) is 0 Å². The molecule has 1 N–H and O–H groups in total. The van der Waals surface area contributed by atoms with Crippen LogP contribution in [-0.4, -0.2) is 39.1 Å². The SMILES string of the molecule is CCOC(=O)CC1c2[nH]c3ccc(Cl)cc3c2CCN1c1nc(C(F)(F)F)nc(C(F)(F)F)n1. The molecule has 0 saturated heterocycles. The van der Waals surface area contributed by atoms with Crippen LogP contribution in [0.4, 0.5) is 32.3 Å². The number of esters is 1. The van der Waals surface area contributed by atoms with E-state index < -0.39 is 42.0 Å². The molecule has 2 aromatic heterocycles. The summed E-state index contributed by atoms with van der Waals surface area (Å²) in [5.41, 5.74) is 1.82. The highest BCUT2D eigenvalue weighted by atomic mass is 35.5. The van der Waals surface area contributed by atoms with Gasteiger partial charge in [-0.25, -0.2) is 4.98 Å². The minimum Gasteiger partial charge on any atom is -0.466 e. The van der Waals surface area contributed by atoms with Gasteiger partial charge in [-0.2, -0.15) is 36.3 Å². The van der Waals surface area contributed by atoms with Gasteiger partial charge in [-0.15, -0.1) is 0 Å². The first-order valence-electron chi connectivity index (χ1n) is 10.0. The van der Waals surface area contributed by atoms with Crippen LogP contribution in [0.1, 0.15) is 42.3 Å². The van der Waals surface area contributed by atoms with Crippen LogP contribution < -0.4 is 4.90 Å². The standard InChI is InChI=1S/C20H16ClF6N5O2/c1-2-34-14(33)8-13-15-10(11-7-9(21)3-4-12(11)28-15)5-6-32(13)18-30-16(19(22,23)24)29-17(31-18)20(25,26)27/h3-4,7,13,28H,2,5-6,8H2,1H3. The predicted molar refractivity (Wildman–Crippen MR) is 108 cm³/mol. The maximum absolute atomic E-state index is 13.3. The van der Waals surface area contributed by atoms with Crippen molar-refractivity contribution >= 4 is 34.4 Å². The molecule has 1 atom stereocenters. The number of hydrogen-bond donors (Lipinski definition) is 1. The number of aromatic amines is 1. The third-order valence-corrected chi connectivity index (χ3v) is 5.50. The van der Waals surface area contributed by atoms with Crippen LogP contribution in [0.3, 0.4) is 0 Å². The number of carbonyl (C=O) groups is 1. The Bertz CT molecular complexity index is 1210. The second kappa shape index (κ2) is 8.60. The van der Waals surface area contributed by atoms with Crippen LogP contribution in [0, 0.1) is 0 Å². The van der Waals surface area contributed by atoms with Gasteiger partial charge in [-0.05, 0) is 37.1 Å². The number of nitrogens with one attached hydrogen (secondary N) is 1. The van der Waals surface area contributed by atoms with Crippen molar-refractivity contribution in [3.05, 3.63) is 46.1 Å². The average molecular weight is 508 g/mol. The van der Waals surface area contributed by atoms with E-state index in [1.165, 1.54) is 0 Å². The summed E-state index contributed by atoms with van der Waals surface area (Å²) in [4.78, 5) is 25.7. The van der Waals surface area contributed by atoms with E-state index in [0.29, 0.717) is 16.2 Å². The lowest BCUT2D eigenvalue weighted by molar-refractivity contribution is -0.155. The molecule has 0 bridgehead atoms. The third-order valence-electron chi connectivity index (χ3n) is 5.27. The largest absolute Gasteiger partial charge is 0.466 e. The molecule has 7 nitrogen and oxygen atoms in total. The molecule has 0 spiro atoms. The molecule has 1 aliphatic heterocycles. The lowest BCUT2D eigenvalue weighted by Gasteiger charge is -2.35. The summed E-state index contributed by atoms with van der Waals surface area (Å²) in [6.45, 7) is 1.56. The monoisotopic (exact) mass is 507 g/mol. The van der Waals surface area contributed by atoms with Crippen molar-refractivity contribution in [2.45, 2.75) is 38.2 Å². The molecule has 0 aliphatic carbocycles. The number of benzene rings is 1. The van der Waals surface area contributed by atoms with Crippen LogP contribution in [0.5, 0.6) is 0 Å². The van der Waals surface area contributed by atoms with Crippen molar-refractivity contribution in [2.24, 2.45) is 0 Å². The van der Waals surface area contributed by atoms with E-state index in [1.807, 2.05) is 0 Å². The molecule has 3 aromatic rings. The molecule has 0 amide bonds. The average Bonchev–Trinajstić information content (AvgIpc) is 3.11. The molecule has 0 saturated carbocycles.